The maximum Gasteiger partial charge on any atom is 0.252 e. The molecular weight excluding hydrogens is 513 g/mol. The summed E-state index contributed by atoms with van der Waals surface area (Å²) in [6.07, 6.45) is 2.68. The van der Waals surface area contributed by atoms with Crippen LogP contribution in [-0.2, 0) is 21.4 Å². The van der Waals surface area contributed by atoms with Crippen molar-refractivity contribution in [1.82, 2.24) is 14.3 Å². The van der Waals surface area contributed by atoms with Gasteiger partial charge in [-0.3, -0.25) is 14.7 Å². The number of piperidine rings is 1. The monoisotopic (exact) mass is 540 g/mol. The van der Waals surface area contributed by atoms with Gasteiger partial charge in [-0.1, -0.05) is 49.4 Å². The maximum absolute atomic E-state index is 13.9. The second kappa shape index (κ2) is 10.4. The number of aromatic nitrogens is 2. The van der Waals surface area contributed by atoms with E-state index in [1.807, 2.05) is 30.3 Å². The fraction of sp³-hybridized carbons (Fsp3) is 0.346. The highest BCUT2D eigenvalue weighted by Gasteiger charge is 2.35. The molecule has 0 unspecified atom stereocenters. The zero-order valence-electron chi connectivity index (χ0n) is 20.2. The highest BCUT2D eigenvalue weighted by atomic mass is 32.2. The van der Waals surface area contributed by atoms with E-state index in [9.17, 15) is 13.2 Å². The largest absolute Gasteiger partial charge is 0.282 e. The van der Waals surface area contributed by atoms with Crippen molar-refractivity contribution in [2.75, 3.05) is 18.0 Å². The van der Waals surface area contributed by atoms with Crippen LogP contribution in [0.15, 0.2) is 64.3 Å². The van der Waals surface area contributed by atoms with Gasteiger partial charge in [0.1, 0.15) is 4.21 Å². The van der Waals surface area contributed by atoms with Crippen LogP contribution in [0, 0.1) is 5.92 Å². The highest BCUT2D eigenvalue weighted by Crippen LogP contribution is 2.36. The number of amides is 1. The van der Waals surface area contributed by atoms with Crippen LogP contribution in [0.3, 0.4) is 0 Å². The van der Waals surface area contributed by atoms with Crippen LogP contribution in [0.5, 0.6) is 0 Å². The molecule has 0 aliphatic carbocycles. The Morgan fingerprint density at radius 1 is 1.11 bits per heavy atom. The third kappa shape index (κ3) is 4.95. The molecule has 0 bridgehead atoms. The lowest BCUT2D eigenvalue weighted by Gasteiger charge is -2.32. The first-order valence-corrected chi connectivity index (χ1v) is 15.1. The summed E-state index contributed by atoms with van der Waals surface area (Å²) in [6.45, 7) is 5.26. The van der Waals surface area contributed by atoms with Crippen LogP contribution < -0.4 is 4.90 Å². The third-order valence-electron chi connectivity index (χ3n) is 6.50. The topological polar surface area (TPSA) is 83.5 Å². The van der Waals surface area contributed by atoms with Crippen LogP contribution in [0.1, 0.15) is 43.9 Å². The van der Waals surface area contributed by atoms with Gasteiger partial charge in [-0.25, -0.2) is 13.4 Å². The molecule has 0 radical (unpaired) electrons. The molecule has 0 spiro atoms. The third-order valence-corrected chi connectivity index (χ3v) is 10.8. The quantitative estimate of drug-likeness (QED) is 0.309. The van der Waals surface area contributed by atoms with Gasteiger partial charge in [0.25, 0.3) is 10.0 Å². The van der Waals surface area contributed by atoms with Crippen molar-refractivity contribution >= 4 is 54.0 Å². The lowest BCUT2D eigenvalue weighted by molar-refractivity contribution is -0.123. The smallest absolute Gasteiger partial charge is 0.252 e. The molecule has 10 heteroatoms. The van der Waals surface area contributed by atoms with Gasteiger partial charge < -0.3 is 0 Å². The van der Waals surface area contributed by atoms with E-state index < -0.39 is 10.0 Å². The van der Waals surface area contributed by atoms with Gasteiger partial charge in [-0.2, -0.15) is 4.31 Å². The molecule has 4 heterocycles. The minimum Gasteiger partial charge on any atom is -0.282 e. The lowest BCUT2D eigenvalue weighted by atomic mass is 9.96. The molecule has 4 aromatic rings. The van der Waals surface area contributed by atoms with E-state index in [1.54, 1.807) is 28.6 Å². The number of sulfonamides is 1. The molecule has 7 nitrogen and oxygen atoms in total. The minimum absolute atomic E-state index is 0.0287. The molecular formula is C26H28N4O3S3. The normalized spacial score (nSPS) is 15.5. The Labute approximate surface area is 219 Å². The van der Waals surface area contributed by atoms with E-state index in [-0.39, 0.29) is 11.8 Å². The number of carbonyl (C=O) groups excluding carboxylic acids is 1. The minimum atomic E-state index is -3.51. The van der Waals surface area contributed by atoms with Gasteiger partial charge >= 0.3 is 0 Å². The molecule has 0 N–H and O–H groups in total. The number of benzene rings is 1. The molecule has 0 atom stereocenters. The van der Waals surface area contributed by atoms with Crippen LogP contribution in [0.2, 0.25) is 0 Å². The summed E-state index contributed by atoms with van der Waals surface area (Å²) in [5.41, 5.74) is 2.88. The summed E-state index contributed by atoms with van der Waals surface area (Å²) in [5.74, 6) is 0.0114. The first kappa shape index (κ1) is 25.0. The molecule has 3 aromatic heterocycles. The summed E-state index contributed by atoms with van der Waals surface area (Å²) < 4.78 is 28.8. The molecule has 1 aromatic carbocycles. The van der Waals surface area contributed by atoms with Crippen molar-refractivity contribution < 1.29 is 13.2 Å². The van der Waals surface area contributed by atoms with Crippen LogP contribution in [0.4, 0.5) is 5.13 Å². The highest BCUT2D eigenvalue weighted by molar-refractivity contribution is 7.91. The molecule has 1 aliphatic heterocycles. The van der Waals surface area contributed by atoms with Crippen molar-refractivity contribution in [3.8, 4) is 0 Å². The Morgan fingerprint density at radius 3 is 2.58 bits per heavy atom. The number of pyridine rings is 1. The molecule has 5 rings (SSSR count). The Kier molecular flexibility index (Phi) is 7.21. The van der Waals surface area contributed by atoms with E-state index in [1.165, 1.54) is 27.0 Å². The number of anilines is 1. The number of carbonyl (C=O) groups is 1. The Hall–Kier alpha value is -2.66. The first-order chi connectivity index (χ1) is 17.3. The Balaban J connectivity index is 1.41. The lowest BCUT2D eigenvalue weighted by Crippen LogP contribution is -2.44. The number of para-hydroxylation sites is 1. The Bertz CT molecular complexity index is 1440. The van der Waals surface area contributed by atoms with Crippen molar-refractivity contribution in [3.63, 3.8) is 0 Å². The van der Waals surface area contributed by atoms with Gasteiger partial charge in [0.2, 0.25) is 5.91 Å². The predicted molar refractivity (Wildman–Crippen MR) is 145 cm³/mol. The van der Waals surface area contributed by atoms with Crippen molar-refractivity contribution in [1.29, 1.82) is 0 Å². The number of nitrogens with zero attached hydrogens (tertiary/aromatic N) is 4. The molecule has 1 amide bonds. The standard InChI is InChI=1S/C26H28N4O3S3/c1-18(2)21-8-5-9-22-24(21)28-26(35-22)30(17-20-7-3-4-13-27-20)25(31)19-11-14-29(15-12-19)36(32,33)23-10-6-16-34-23/h3-10,13,16,18-19H,11-12,14-15,17H2,1-2H3. The van der Waals surface area contributed by atoms with Crippen molar-refractivity contribution in [2.45, 2.75) is 43.4 Å². The van der Waals surface area contributed by atoms with E-state index >= 15 is 0 Å². The predicted octanol–water partition coefficient (Wildman–Crippen LogP) is 5.51. The number of fused-ring (bicyclic) bond motifs is 1. The number of rotatable bonds is 7. The van der Waals surface area contributed by atoms with Gasteiger partial charge in [-0.05, 0) is 54.0 Å². The summed E-state index contributed by atoms with van der Waals surface area (Å²) in [5, 5.41) is 2.42. The van der Waals surface area contributed by atoms with Gasteiger partial charge in [0.15, 0.2) is 5.13 Å². The van der Waals surface area contributed by atoms with E-state index in [2.05, 4.69) is 24.9 Å². The summed E-state index contributed by atoms with van der Waals surface area (Å²) in [7, 11) is -3.51. The Morgan fingerprint density at radius 2 is 1.92 bits per heavy atom. The average molecular weight is 541 g/mol. The van der Waals surface area contributed by atoms with Gasteiger partial charge in [0, 0.05) is 25.2 Å². The van der Waals surface area contributed by atoms with E-state index in [0.717, 1.165) is 21.5 Å². The zero-order chi connectivity index (χ0) is 25.3. The second-order valence-corrected chi connectivity index (χ2v) is 13.3. The van der Waals surface area contributed by atoms with Crippen molar-refractivity contribution in [3.05, 3.63) is 71.4 Å². The second-order valence-electron chi connectivity index (χ2n) is 9.20. The van der Waals surface area contributed by atoms with Crippen molar-refractivity contribution in [2.24, 2.45) is 5.92 Å². The molecule has 188 valence electrons. The fourth-order valence-corrected chi connectivity index (χ4v) is 8.15. The molecule has 1 fully saturated rings. The first-order valence-electron chi connectivity index (χ1n) is 12.0. The molecule has 1 aliphatic rings. The van der Waals surface area contributed by atoms with Gasteiger partial charge in [0.05, 0.1) is 22.5 Å². The summed E-state index contributed by atoms with van der Waals surface area (Å²) in [4.78, 5) is 25.0. The molecule has 36 heavy (non-hydrogen) atoms. The summed E-state index contributed by atoms with van der Waals surface area (Å²) in [6, 6.07) is 15.2. The number of hydrogen-bond acceptors (Lipinski definition) is 7. The number of thiophene rings is 1. The molecule has 0 saturated carbocycles. The van der Waals surface area contributed by atoms with Crippen LogP contribution in [-0.4, -0.2) is 41.7 Å². The van der Waals surface area contributed by atoms with Crippen LogP contribution in [0.25, 0.3) is 10.2 Å². The number of hydrogen-bond donors (Lipinski definition) is 0. The molecule has 1 saturated heterocycles. The van der Waals surface area contributed by atoms with Gasteiger partial charge in [-0.15, -0.1) is 11.3 Å². The van der Waals surface area contributed by atoms with Crippen LogP contribution >= 0.6 is 22.7 Å². The summed E-state index contributed by atoms with van der Waals surface area (Å²) >= 11 is 2.73. The zero-order valence-corrected chi connectivity index (χ0v) is 22.7. The fourth-order valence-electron chi connectivity index (χ4n) is 4.53. The average Bonchev–Trinajstić information content (AvgIpc) is 3.58. The van der Waals surface area contributed by atoms with E-state index in [0.29, 0.717) is 47.7 Å². The maximum atomic E-state index is 13.9. The van der Waals surface area contributed by atoms with E-state index in [4.69, 9.17) is 4.98 Å². The number of thiazole rings is 1. The SMILES string of the molecule is CC(C)c1cccc2sc(N(Cc3ccccn3)C(=O)C3CCN(S(=O)(=O)c4cccs4)CC3)nc12.